The standard InChI is InChI=1S/C12H12ClN3O/c1-8-7-9(3-4-10(8)17-2)16-12-11(13)14-5-6-15-12/h3-7H,1-2H3,(H,15,16). The Morgan fingerprint density at radius 1 is 1.24 bits per heavy atom. The van der Waals surface area contributed by atoms with Crippen LogP contribution in [0.25, 0.3) is 0 Å². The second kappa shape index (κ2) is 5.01. The number of rotatable bonds is 3. The van der Waals surface area contributed by atoms with Crippen molar-refractivity contribution in [3.8, 4) is 5.75 Å². The Morgan fingerprint density at radius 3 is 2.65 bits per heavy atom. The highest BCUT2D eigenvalue weighted by atomic mass is 35.5. The van der Waals surface area contributed by atoms with Crippen LogP contribution in [0, 0.1) is 6.92 Å². The largest absolute Gasteiger partial charge is 0.496 e. The molecule has 0 aliphatic rings. The van der Waals surface area contributed by atoms with Gasteiger partial charge in [-0.3, -0.25) is 0 Å². The van der Waals surface area contributed by atoms with Gasteiger partial charge in [-0.1, -0.05) is 11.6 Å². The molecule has 2 rings (SSSR count). The molecule has 0 saturated heterocycles. The van der Waals surface area contributed by atoms with Crippen molar-refractivity contribution in [2.24, 2.45) is 0 Å². The Balaban J connectivity index is 2.25. The van der Waals surface area contributed by atoms with Crippen molar-refractivity contribution in [2.45, 2.75) is 6.92 Å². The van der Waals surface area contributed by atoms with Gasteiger partial charge in [0, 0.05) is 18.1 Å². The van der Waals surface area contributed by atoms with Crippen molar-refractivity contribution in [2.75, 3.05) is 12.4 Å². The van der Waals surface area contributed by atoms with E-state index >= 15 is 0 Å². The molecular weight excluding hydrogens is 238 g/mol. The predicted octanol–water partition coefficient (Wildman–Crippen LogP) is 3.19. The molecule has 88 valence electrons. The monoisotopic (exact) mass is 249 g/mol. The molecule has 5 heteroatoms. The summed E-state index contributed by atoms with van der Waals surface area (Å²) in [7, 11) is 1.65. The Kier molecular flexibility index (Phi) is 3.44. The van der Waals surface area contributed by atoms with Gasteiger partial charge in [-0.2, -0.15) is 0 Å². The van der Waals surface area contributed by atoms with Crippen LogP contribution in [0.5, 0.6) is 5.75 Å². The van der Waals surface area contributed by atoms with Gasteiger partial charge in [0.1, 0.15) is 5.75 Å². The predicted molar refractivity (Wildman–Crippen MR) is 68.1 cm³/mol. The van der Waals surface area contributed by atoms with Gasteiger partial charge >= 0.3 is 0 Å². The fraction of sp³-hybridized carbons (Fsp3) is 0.167. The van der Waals surface area contributed by atoms with E-state index in [1.807, 2.05) is 25.1 Å². The summed E-state index contributed by atoms with van der Waals surface area (Å²) < 4.78 is 5.19. The lowest BCUT2D eigenvalue weighted by Gasteiger charge is -2.09. The molecular formula is C12H12ClN3O. The van der Waals surface area contributed by atoms with E-state index in [-0.39, 0.29) is 0 Å². The molecule has 2 aromatic rings. The van der Waals surface area contributed by atoms with Crippen molar-refractivity contribution < 1.29 is 4.74 Å². The second-order valence-electron chi connectivity index (χ2n) is 3.51. The lowest BCUT2D eigenvalue weighted by atomic mass is 10.2. The average molecular weight is 250 g/mol. The highest BCUT2D eigenvalue weighted by molar-refractivity contribution is 6.31. The summed E-state index contributed by atoms with van der Waals surface area (Å²) in [5.74, 6) is 1.39. The van der Waals surface area contributed by atoms with E-state index in [1.54, 1.807) is 19.5 Å². The summed E-state index contributed by atoms with van der Waals surface area (Å²) in [4.78, 5) is 8.06. The molecule has 0 spiro atoms. The van der Waals surface area contributed by atoms with E-state index in [1.165, 1.54) is 0 Å². The lowest BCUT2D eigenvalue weighted by molar-refractivity contribution is 0.412. The van der Waals surface area contributed by atoms with E-state index < -0.39 is 0 Å². The summed E-state index contributed by atoms with van der Waals surface area (Å²) in [5.41, 5.74) is 1.93. The molecule has 1 aromatic carbocycles. The molecule has 1 aromatic heterocycles. The van der Waals surface area contributed by atoms with Crippen LogP contribution >= 0.6 is 11.6 Å². The van der Waals surface area contributed by atoms with Gasteiger partial charge in [-0.05, 0) is 30.7 Å². The molecule has 0 amide bonds. The molecule has 0 aliphatic heterocycles. The van der Waals surface area contributed by atoms with Gasteiger partial charge in [0.25, 0.3) is 0 Å². The number of hydrogen-bond donors (Lipinski definition) is 1. The zero-order valence-electron chi connectivity index (χ0n) is 9.57. The van der Waals surface area contributed by atoms with Gasteiger partial charge in [0.15, 0.2) is 11.0 Å². The Bertz CT molecular complexity index is 531. The summed E-state index contributed by atoms with van der Waals surface area (Å²) in [6.45, 7) is 1.97. The Labute approximate surface area is 105 Å². The zero-order chi connectivity index (χ0) is 12.3. The third kappa shape index (κ3) is 2.65. The third-order valence-corrected chi connectivity index (χ3v) is 2.59. The molecule has 0 radical (unpaired) electrons. The highest BCUT2D eigenvalue weighted by Gasteiger charge is 2.04. The Morgan fingerprint density at radius 2 is 2.00 bits per heavy atom. The van der Waals surface area contributed by atoms with Crippen LogP contribution in [-0.4, -0.2) is 17.1 Å². The highest BCUT2D eigenvalue weighted by Crippen LogP contribution is 2.25. The molecule has 0 atom stereocenters. The molecule has 0 saturated carbocycles. The van der Waals surface area contributed by atoms with Crippen molar-refractivity contribution in [3.05, 3.63) is 41.3 Å². The minimum atomic E-state index is 0.348. The third-order valence-electron chi connectivity index (χ3n) is 2.31. The Hall–Kier alpha value is -1.81. The number of benzene rings is 1. The normalized spacial score (nSPS) is 10.1. The smallest absolute Gasteiger partial charge is 0.171 e. The van der Waals surface area contributed by atoms with Crippen molar-refractivity contribution >= 4 is 23.1 Å². The molecule has 0 aliphatic carbocycles. The number of methoxy groups -OCH3 is 1. The maximum absolute atomic E-state index is 5.91. The van der Waals surface area contributed by atoms with Gasteiger partial charge in [-0.25, -0.2) is 9.97 Å². The second-order valence-corrected chi connectivity index (χ2v) is 3.86. The van der Waals surface area contributed by atoms with Crippen LogP contribution in [-0.2, 0) is 0 Å². The van der Waals surface area contributed by atoms with Crippen LogP contribution in [0.4, 0.5) is 11.5 Å². The minimum absolute atomic E-state index is 0.348. The molecule has 0 fully saturated rings. The first kappa shape index (κ1) is 11.7. The van der Waals surface area contributed by atoms with Gasteiger partial charge in [0.05, 0.1) is 7.11 Å². The maximum atomic E-state index is 5.91. The van der Waals surface area contributed by atoms with E-state index in [9.17, 15) is 0 Å². The molecule has 1 heterocycles. The average Bonchev–Trinajstić information content (AvgIpc) is 2.32. The molecule has 17 heavy (non-hydrogen) atoms. The number of anilines is 2. The number of aryl methyl sites for hydroxylation is 1. The topological polar surface area (TPSA) is 47.0 Å². The molecule has 1 N–H and O–H groups in total. The molecule has 0 unspecified atom stereocenters. The van der Waals surface area contributed by atoms with Crippen molar-refractivity contribution in [1.29, 1.82) is 0 Å². The van der Waals surface area contributed by atoms with E-state index in [2.05, 4.69) is 15.3 Å². The fourth-order valence-electron chi connectivity index (χ4n) is 1.50. The number of hydrogen-bond acceptors (Lipinski definition) is 4. The number of nitrogens with one attached hydrogen (secondary N) is 1. The molecule has 4 nitrogen and oxygen atoms in total. The number of halogens is 1. The quantitative estimate of drug-likeness (QED) is 0.908. The first-order valence-electron chi connectivity index (χ1n) is 5.09. The number of ether oxygens (including phenoxy) is 1. The van der Waals surface area contributed by atoms with Crippen LogP contribution in [0.1, 0.15) is 5.56 Å². The first-order chi connectivity index (χ1) is 8.20. The van der Waals surface area contributed by atoms with Gasteiger partial charge in [0.2, 0.25) is 0 Å². The molecule has 0 bridgehead atoms. The van der Waals surface area contributed by atoms with Crippen molar-refractivity contribution in [3.63, 3.8) is 0 Å². The zero-order valence-corrected chi connectivity index (χ0v) is 10.3. The van der Waals surface area contributed by atoms with Crippen LogP contribution in [0.15, 0.2) is 30.6 Å². The van der Waals surface area contributed by atoms with Gasteiger partial charge < -0.3 is 10.1 Å². The van der Waals surface area contributed by atoms with E-state index in [4.69, 9.17) is 16.3 Å². The van der Waals surface area contributed by atoms with Gasteiger partial charge in [-0.15, -0.1) is 0 Å². The number of aromatic nitrogens is 2. The van der Waals surface area contributed by atoms with Crippen molar-refractivity contribution in [1.82, 2.24) is 9.97 Å². The lowest BCUT2D eigenvalue weighted by Crippen LogP contribution is -1.96. The fourth-order valence-corrected chi connectivity index (χ4v) is 1.65. The number of nitrogens with zero attached hydrogens (tertiary/aromatic N) is 2. The van der Waals surface area contributed by atoms with Crippen LogP contribution in [0.3, 0.4) is 0 Å². The summed E-state index contributed by atoms with van der Waals surface area (Å²) in [5, 5.41) is 3.45. The van der Waals surface area contributed by atoms with E-state index in [0.29, 0.717) is 11.0 Å². The summed E-state index contributed by atoms with van der Waals surface area (Å²) >= 11 is 5.91. The maximum Gasteiger partial charge on any atom is 0.171 e. The summed E-state index contributed by atoms with van der Waals surface area (Å²) in [6, 6.07) is 5.75. The minimum Gasteiger partial charge on any atom is -0.496 e. The SMILES string of the molecule is COc1ccc(Nc2nccnc2Cl)cc1C. The first-order valence-corrected chi connectivity index (χ1v) is 5.46. The summed E-state index contributed by atoms with van der Waals surface area (Å²) in [6.07, 6.45) is 3.14. The van der Waals surface area contributed by atoms with Crippen LogP contribution < -0.4 is 10.1 Å². The van der Waals surface area contributed by atoms with Crippen LogP contribution in [0.2, 0.25) is 5.15 Å². The van der Waals surface area contributed by atoms with E-state index in [0.717, 1.165) is 17.0 Å².